The maximum absolute atomic E-state index is 12.5. The van der Waals surface area contributed by atoms with E-state index in [1.54, 1.807) is 19.2 Å². The molecule has 3 N–H and O–H groups in total. The number of phenolic OH excluding ortho intramolecular Hbond substituents is 1. The van der Waals surface area contributed by atoms with Crippen molar-refractivity contribution >= 4 is 5.91 Å². The second-order valence-electron chi connectivity index (χ2n) is 7.90. The van der Waals surface area contributed by atoms with Crippen LogP contribution in [0.4, 0.5) is 0 Å². The molecule has 5 nitrogen and oxygen atoms in total. The third-order valence-corrected chi connectivity index (χ3v) is 5.83. The zero-order chi connectivity index (χ0) is 22.4. The van der Waals surface area contributed by atoms with Gasteiger partial charge in [0.2, 0.25) is 0 Å². The highest BCUT2D eigenvalue weighted by Crippen LogP contribution is 2.35. The molecule has 31 heavy (non-hydrogen) atoms. The van der Waals surface area contributed by atoms with E-state index in [1.807, 2.05) is 43.3 Å². The first-order valence-electron chi connectivity index (χ1n) is 10.9. The van der Waals surface area contributed by atoms with Crippen LogP contribution in [-0.4, -0.2) is 22.7 Å². The lowest BCUT2D eigenvalue weighted by Crippen LogP contribution is -2.14. The van der Waals surface area contributed by atoms with Crippen LogP contribution in [0.3, 0.4) is 0 Å². The van der Waals surface area contributed by atoms with Crippen LogP contribution in [0.1, 0.15) is 53.5 Å². The molecule has 0 fully saturated rings. The molecule has 3 rings (SSSR count). The third-order valence-electron chi connectivity index (χ3n) is 5.83. The normalized spacial score (nSPS) is 10.9. The number of amides is 1. The number of unbranched alkanes of at least 4 members (excludes halogenated alkanes) is 2. The van der Waals surface area contributed by atoms with Crippen LogP contribution in [0, 0.1) is 6.92 Å². The van der Waals surface area contributed by atoms with Gasteiger partial charge in [0.15, 0.2) is 0 Å². The number of aromatic nitrogens is 1. The lowest BCUT2D eigenvalue weighted by molar-refractivity contribution is 0.1000. The topological polar surface area (TPSA) is 77.5 Å². The van der Waals surface area contributed by atoms with Crippen LogP contribution < -0.4 is 10.5 Å². The minimum Gasteiger partial charge on any atom is -0.508 e. The van der Waals surface area contributed by atoms with Crippen LogP contribution in [-0.2, 0) is 19.4 Å². The molecule has 2 aromatic carbocycles. The molecular weight excluding hydrogens is 388 g/mol. The Hall–Kier alpha value is -3.21. The van der Waals surface area contributed by atoms with Gasteiger partial charge in [-0.2, -0.15) is 0 Å². The maximum Gasteiger partial charge on any atom is 0.251 e. The zero-order valence-electron chi connectivity index (χ0n) is 18.6. The van der Waals surface area contributed by atoms with Gasteiger partial charge in [-0.25, -0.2) is 0 Å². The van der Waals surface area contributed by atoms with Crippen molar-refractivity contribution in [3.8, 4) is 22.6 Å². The Balaban J connectivity index is 2.06. The Morgan fingerprint density at radius 3 is 2.29 bits per heavy atom. The van der Waals surface area contributed by atoms with Crippen LogP contribution in [0.25, 0.3) is 11.1 Å². The van der Waals surface area contributed by atoms with Crippen molar-refractivity contribution in [1.29, 1.82) is 0 Å². The molecule has 1 amide bonds. The van der Waals surface area contributed by atoms with E-state index in [2.05, 4.69) is 11.5 Å². The minimum atomic E-state index is -0.400. The molecule has 0 aliphatic rings. The van der Waals surface area contributed by atoms with Gasteiger partial charge in [0.25, 0.3) is 5.91 Å². The SMILES string of the molecule is CCCCCc1c(-c2ccc(OC)cc2)c(C(N)=O)c(C)n1CCc1ccc(O)cc1. The number of methoxy groups -OCH3 is 1. The minimum absolute atomic E-state index is 0.263. The molecular formula is C26H32N2O3. The Bertz CT molecular complexity index is 1020. The molecule has 0 aliphatic carbocycles. The summed E-state index contributed by atoms with van der Waals surface area (Å²) >= 11 is 0. The highest BCUT2D eigenvalue weighted by Gasteiger charge is 2.24. The maximum atomic E-state index is 12.5. The van der Waals surface area contributed by atoms with E-state index in [9.17, 15) is 9.90 Å². The predicted octanol–water partition coefficient (Wildman–Crippen LogP) is 5.25. The molecule has 0 bridgehead atoms. The summed E-state index contributed by atoms with van der Waals surface area (Å²) in [6.07, 6.45) is 5.01. The van der Waals surface area contributed by atoms with Gasteiger partial charge in [-0.1, -0.05) is 44.0 Å². The number of hydrogen-bond donors (Lipinski definition) is 2. The van der Waals surface area contributed by atoms with Crippen LogP contribution in [0.5, 0.6) is 11.5 Å². The molecule has 0 unspecified atom stereocenters. The number of carbonyl (C=O) groups is 1. The summed E-state index contributed by atoms with van der Waals surface area (Å²) in [4.78, 5) is 12.5. The van der Waals surface area contributed by atoms with E-state index < -0.39 is 5.91 Å². The van der Waals surface area contributed by atoms with E-state index in [0.29, 0.717) is 5.56 Å². The highest BCUT2D eigenvalue weighted by atomic mass is 16.5. The third kappa shape index (κ3) is 5.10. The van der Waals surface area contributed by atoms with E-state index >= 15 is 0 Å². The highest BCUT2D eigenvalue weighted by molar-refractivity contribution is 6.02. The van der Waals surface area contributed by atoms with Crippen molar-refractivity contribution in [2.24, 2.45) is 5.73 Å². The van der Waals surface area contributed by atoms with Crippen molar-refractivity contribution in [3.05, 3.63) is 71.0 Å². The van der Waals surface area contributed by atoms with Crippen molar-refractivity contribution in [1.82, 2.24) is 4.57 Å². The number of nitrogens with zero attached hydrogens (tertiary/aromatic N) is 1. The zero-order valence-corrected chi connectivity index (χ0v) is 18.6. The van der Waals surface area contributed by atoms with Crippen LogP contribution in [0.15, 0.2) is 48.5 Å². The lowest BCUT2D eigenvalue weighted by atomic mass is 9.97. The summed E-state index contributed by atoms with van der Waals surface area (Å²) in [6.45, 7) is 4.91. The second-order valence-corrected chi connectivity index (χ2v) is 7.90. The van der Waals surface area contributed by atoms with Gasteiger partial charge in [0.1, 0.15) is 11.5 Å². The number of carbonyl (C=O) groups excluding carboxylic acids is 1. The van der Waals surface area contributed by atoms with Gasteiger partial charge in [-0.3, -0.25) is 4.79 Å². The van der Waals surface area contributed by atoms with Gasteiger partial charge < -0.3 is 20.1 Å². The van der Waals surface area contributed by atoms with Crippen molar-refractivity contribution < 1.29 is 14.6 Å². The predicted molar refractivity (Wildman–Crippen MR) is 125 cm³/mol. The molecule has 164 valence electrons. The molecule has 0 atom stereocenters. The monoisotopic (exact) mass is 420 g/mol. The molecule has 0 saturated heterocycles. The molecule has 5 heteroatoms. The van der Waals surface area contributed by atoms with Crippen molar-refractivity contribution in [2.75, 3.05) is 7.11 Å². The molecule has 0 radical (unpaired) electrons. The van der Waals surface area contributed by atoms with Crippen molar-refractivity contribution in [2.45, 2.75) is 52.5 Å². The van der Waals surface area contributed by atoms with E-state index in [0.717, 1.165) is 72.5 Å². The summed E-state index contributed by atoms with van der Waals surface area (Å²) in [7, 11) is 1.64. The smallest absolute Gasteiger partial charge is 0.251 e. The molecule has 1 aromatic heterocycles. The van der Waals surface area contributed by atoms with Gasteiger partial charge in [0, 0.05) is 23.5 Å². The first kappa shape index (κ1) is 22.5. The molecule has 0 aliphatic heterocycles. The average Bonchev–Trinajstić information content (AvgIpc) is 3.05. The Morgan fingerprint density at radius 1 is 1.03 bits per heavy atom. The van der Waals surface area contributed by atoms with Gasteiger partial charge in [0.05, 0.1) is 12.7 Å². The first-order valence-corrected chi connectivity index (χ1v) is 10.9. The second kappa shape index (κ2) is 10.2. The number of ether oxygens (including phenoxy) is 1. The van der Waals surface area contributed by atoms with E-state index in [-0.39, 0.29) is 5.75 Å². The largest absolute Gasteiger partial charge is 0.508 e. The Kier molecular flexibility index (Phi) is 7.40. The van der Waals surface area contributed by atoms with E-state index in [4.69, 9.17) is 10.5 Å². The fourth-order valence-electron chi connectivity index (χ4n) is 4.18. The fourth-order valence-corrected chi connectivity index (χ4v) is 4.18. The first-order chi connectivity index (χ1) is 15.0. The lowest BCUT2D eigenvalue weighted by Gasteiger charge is -2.14. The standard InChI is InChI=1S/C26H32N2O3/c1-4-5-6-7-23-25(20-10-14-22(31-3)15-11-20)24(26(27)30)18(2)28(23)17-16-19-8-12-21(29)13-9-19/h8-15,29H,4-7,16-17H2,1-3H3,(H2,27,30). The molecule has 0 spiro atoms. The summed E-state index contributed by atoms with van der Waals surface area (Å²) in [5.41, 5.74) is 11.6. The summed E-state index contributed by atoms with van der Waals surface area (Å²) in [5.74, 6) is 0.641. The number of aryl methyl sites for hydroxylation is 1. The van der Waals surface area contributed by atoms with Gasteiger partial charge >= 0.3 is 0 Å². The number of benzene rings is 2. The number of aromatic hydroxyl groups is 1. The van der Waals surface area contributed by atoms with Gasteiger partial charge in [-0.05, 0) is 61.6 Å². The number of rotatable bonds is 10. The Morgan fingerprint density at radius 2 is 1.71 bits per heavy atom. The Labute approximate surface area is 184 Å². The average molecular weight is 421 g/mol. The number of phenols is 1. The molecule has 3 aromatic rings. The fraction of sp³-hybridized carbons (Fsp3) is 0.346. The van der Waals surface area contributed by atoms with Crippen LogP contribution >= 0.6 is 0 Å². The van der Waals surface area contributed by atoms with Crippen molar-refractivity contribution in [3.63, 3.8) is 0 Å². The van der Waals surface area contributed by atoms with Crippen LogP contribution in [0.2, 0.25) is 0 Å². The summed E-state index contributed by atoms with van der Waals surface area (Å²) in [5, 5.41) is 9.55. The number of hydrogen-bond acceptors (Lipinski definition) is 3. The van der Waals surface area contributed by atoms with E-state index in [1.165, 1.54) is 0 Å². The number of nitrogens with two attached hydrogens (primary N) is 1. The summed E-state index contributed by atoms with van der Waals surface area (Å²) < 4.78 is 7.55. The van der Waals surface area contributed by atoms with Gasteiger partial charge in [-0.15, -0.1) is 0 Å². The quantitative estimate of drug-likeness (QED) is 0.440. The molecule has 0 saturated carbocycles. The molecule has 1 heterocycles. The number of primary amides is 1. The summed E-state index contributed by atoms with van der Waals surface area (Å²) in [6, 6.07) is 15.1.